The lowest BCUT2D eigenvalue weighted by atomic mass is 9.94. The van der Waals surface area contributed by atoms with E-state index in [2.05, 4.69) is 30.1 Å². The Labute approximate surface area is 178 Å². The lowest BCUT2D eigenvalue weighted by Gasteiger charge is -2.36. The van der Waals surface area contributed by atoms with Crippen LogP contribution in [0.2, 0.25) is 0 Å². The second-order valence-electron chi connectivity index (χ2n) is 8.52. The van der Waals surface area contributed by atoms with E-state index < -0.39 is 0 Å². The molecule has 1 N–H and O–H groups in total. The molecular formula is C24H30N4O2. The van der Waals surface area contributed by atoms with Crippen LogP contribution >= 0.6 is 0 Å². The summed E-state index contributed by atoms with van der Waals surface area (Å²) in [5.41, 5.74) is 6.11. The van der Waals surface area contributed by atoms with E-state index in [1.807, 2.05) is 36.9 Å². The zero-order valence-electron chi connectivity index (χ0n) is 18.3. The van der Waals surface area contributed by atoms with Crippen LogP contribution in [-0.2, 0) is 4.79 Å². The summed E-state index contributed by atoms with van der Waals surface area (Å²) in [5.74, 6) is 1.09. The largest absolute Gasteiger partial charge is 0.356 e. The highest BCUT2D eigenvalue weighted by Gasteiger charge is 2.28. The van der Waals surface area contributed by atoms with Crippen molar-refractivity contribution >= 4 is 17.6 Å². The molecule has 30 heavy (non-hydrogen) atoms. The first-order valence-electron chi connectivity index (χ1n) is 10.7. The van der Waals surface area contributed by atoms with E-state index in [1.54, 1.807) is 0 Å². The summed E-state index contributed by atoms with van der Waals surface area (Å²) in [6.45, 7) is 11.8. The zero-order valence-corrected chi connectivity index (χ0v) is 18.3. The van der Waals surface area contributed by atoms with E-state index in [9.17, 15) is 9.59 Å². The van der Waals surface area contributed by atoms with Crippen LogP contribution < -0.4 is 10.2 Å². The van der Waals surface area contributed by atoms with Crippen molar-refractivity contribution < 1.29 is 9.59 Å². The molecule has 2 amide bonds. The van der Waals surface area contributed by atoms with Gasteiger partial charge in [0, 0.05) is 44.0 Å². The number of hydrogen-bond acceptors (Lipinski definition) is 4. The first kappa shape index (κ1) is 20.4. The Bertz CT molecular complexity index is 993. The maximum absolute atomic E-state index is 13.1. The molecule has 1 aromatic heterocycles. The van der Waals surface area contributed by atoms with Gasteiger partial charge in [0.15, 0.2) is 0 Å². The smallest absolute Gasteiger partial charge is 0.254 e. The highest BCUT2D eigenvalue weighted by molar-refractivity contribution is 5.96. The summed E-state index contributed by atoms with van der Waals surface area (Å²) >= 11 is 0. The van der Waals surface area contributed by atoms with Gasteiger partial charge in [-0.1, -0.05) is 18.2 Å². The van der Waals surface area contributed by atoms with Crippen molar-refractivity contribution in [3.8, 4) is 0 Å². The predicted molar refractivity (Wildman–Crippen MR) is 118 cm³/mol. The van der Waals surface area contributed by atoms with Gasteiger partial charge >= 0.3 is 0 Å². The Morgan fingerprint density at radius 2 is 1.73 bits per heavy atom. The quantitative estimate of drug-likeness (QED) is 0.851. The summed E-state index contributed by atoms with van der Waals surface area (Å²) in [4.78, 5) is 34.1. The molecule has 2 aliphatic heterocycles. The Morgan fingerprint density at radius 1 is 1.00 bits per heavy atom. The van der Waals surface area contributed by atoms with Crippen LogP contribution in [0.4, 0.5) is 5.82 Å². The lowest BCUT2D eigenvalue weighted by Crippen LogP contribution is -2.49. The molecule has 6 heteroatoms. The van der Waals surface area contributed by atoms with Gasteiger partial charge < -0.3 is 15.1 Å². The van der Waals surface area contributed by atoms with E-state index in [0.29, 0.717) is 13.1 Å². The first-order chi connectivity index (χ1) is 14.3. The van der Waals surface area contributed by atoms with Gasteiger partial charge in [-0.3, -0.25) is 9.59 Å². The molecule has 0 bridgehead atoms. The third kappa shape index (κ3) is 3.78. The number of benzene rings is 1. The van der Waals surface area contributed by atoms with Crippen molar-refractivity contribution in [1.29, 1.82) is 0 Å². The number of anilines is 1. The summed E-state index contributed by atoms with van der Waals surface area (Å²) < 4.78 is 0. The van der Waals surface area contributed by atoms with Crippen molar-refractivity contribution in [2.75, 3.05) is 37.6 Å². The van der Waals surface area contributed by atoms with Crippen LogP contribution in [0.3, 0.4) is 0 Å². The fraction of sp³-hybridized carbons (Fsp3) is 0.458. The van der Waals surface area contributed by atoms with Crippen molar-refractivity contribution in [2.45, 2.75) is 40.0 Å². The number of carbonyl (C=O) groups is 2. The first-order valence-corrected chi connectivity index (χ1v) is 10.7. The molecule has 0 radical (unpaired) electrons. The van der Waals surface area contributed by atoms with Crippen LogP contribution in [0.15, 0.2) is 24.3 Å². The topological polar surface area (TPSA) is 65.5 Å². The molecule has 4 rings (SSSR count). The monoisotopic (exact) mass is 406 g/mol. The molecule has 0 saturated carbocycles. The summed E-state index contributed by atoms with van der Waals surface area (Å²) in [6.07, 6.45) is 0.819. The molecule has 2 fully saturated rings. The number of piperazine rings is 1. The van der Waals surface area contributed by atoms with E-state index in [1.165, 1.54) is 11.1 Å². The fourth-order valence-electron chi connectivity index (χ4n) is 4.50. The van der Waals surface area contributed by atoms with Crippen molar-refractivity contribution in [3.05, 3.63) is 57.8 Å². The number of rotatable bonds is 3. The number of aromatic nitrogens is 1. The van der Waals surface area contributed by atoms with Gasteiger partial charge in [-0.2, -0.15) is 0 Å². The molecule has 1 atom stereocenters. The van der Waals surface area contributed by atoms with Crippen molar-refractivity contribution in [1.82, 2.24) is 15.2 Å². The van der Waals surface area contributed by atoms with Gasteiger partial charge in [0.1, 0.15) is 5.82 Å². The number of carbonyl (C=O) groups excluding carboxylic acids is 2. The number of amides is 2. The minimum absolute atomic E-state index is 0.0688. The second kappa shape index (κ2) is 8.09. The fourth-order valence-corrected chi connectivity index (χ4v) is 4.50. The highest BCUT2D eigenvalue weighted by atomic mass is 16.2. The number of pyridine rings is 1. The van der Waals surface area contributed by atoms with E-state index in [4.69, 9.17) is 4.98 Å². The van der Waals surface area contributed by atoms with Gasteiger partial charge in [-0.05, 0) is 62.4 Å². The summed E-state index contributed by atoms with van der Waals surface area (Å²) in [6, 6.07) is 8.01. The molecule has 1 unspecified atom stereocenters. The molecule has 1 aromatic carbocycles. The Hall–Kier alpha value is -2.89. The van der Waals surface area contributed by atoms with Crippen LogP contribution in [-0.4, -0.2) is 54.4 Å². The van der Waals surface area contributed by atoms with Gasteiger partial charge in [-0.25, -0.2) is 4.98 Å². The zero-order chi connectivity index (χ0) is 21.4. The van der Waals surface area contributed by atoms with E-state index in [0.717, 1.165) is 54.3 Å². The lowest BCUT2D eigenvalue weighted by molar-refractivity contribution is -0.120. The average Bonchev–Trinajstić information content (AvgIpc) is 3.16. The number of nitrogens with zero attached hydrogens (tertiary/aromatic N) is 3. The average molecular weight is 407 g/mol. The Kier molecular flexibility index (Phi) is 5.50. The maximum Gasteiger partial charge on any atom is 0.254 e. The second-order valence-corrected chi connectivity index (χ2v) is 8.52. The van der Waals surface area contributed by atoms with Crippen LogP contribution in [0.1, 0.15) is 50.6 Å². The number of nitrogens with one attached hydrogen (secondary N) is 1. The molecule has 0 spiro atoms. The van der Waals surface area contributed by atoms with E-state index >= 15 is 0 Å². The standard InChI is InChI=1S/C24H30N4O2/c1-15-13-17(3)22(26-18(15)4)27-9-11-28(12-10-27)24(30)20-6-5-19(14-16(20)2)21-7-8-25-23(21)29/h5-6,13-14,21H,7-12H2,1-4H3,(H,25,29). The molecule has 2 saturated heterocycles. The number of hydrogen-bond donors (Lipinski definition) is 1. The molecule has 2 aliphatic rings. The van der Waals surface area contributed by atoms with Crippen molar-refractivity contribution in [3.63, 3.8) is 0 Å². The predicted octanol–water partition coefficient (Wildman–Crippen LogP) is 2.88. The number of aryl methyl sites for hydroxylation is 4. The Morgan fingerprint density at radius 3 is 2.37 bits per heavy atom. The molecule has 3 heterocycles. The molecule has 158 valence electrons. The van der Waals surface area contributed by atoms with Crippen LogP contribution in [0.5, 0.6) is 0 Å². The molecular weight excluding hydrogens is 376 g/mol. The third-order valence-corrected chi connectivity index (χ3v) is 6.43. The summed E-state index contributed by atoms with van der Waals surface area (Å²) in [5, 5.41) is 2.88. The Balaban J connectivity index is 1.44. The van der Waals surface area contributed by atoms with Crippen LogP contribution in [0.25, 0.3) is 0 Å². The molecule has 2 aromatic rings. The highest BCUT2D eigenvalue weighted by Crippen LogP contribution is 2.27. The van der Waals surface area contributed by atoms with E-state index in [-0.39, 0.29) is 17.7 Å². The molecule has 0 aliphatic carbocycles. The molecule has 6 nitrogen and oxygen atoms in total. The normalized spacial score (nSPS) is 19.2. The van der Waals surface area contributed by atoms with Gasteiger partial charge in [0.05, 0.1) is 5.92 Å². The van der Waals surface area contributed by atoms with Crippen molar-refractivity contribution in [2.24, 2.45) is 0 Å². The SMILES string of the molecule is Cc1cc(C2CCNC2=O)ccc1C(=O)N1CCN(c2nc(C)c(C)cc2C)CC1. The maximum atomic E-state index is 13.1. The minimum atomic E-state index is -0.0925. The van der Waals surface area contributed by atoms with Crippen LogP contribution in [0, 0.1) is 27.7 Å². The van der Waals surface area contributed by atoms with Gasteiger partial charge in [-0.15, -0.1) is 0 Å². The summed E-state index contributed by atoms with van der Waals surface area (Å²) in [7, 11) is 0. The van der Waals surface area contributed by atoms with Gasteiger partial charge in [0.2, 0.25) is 5.91 Å². The minimum Gasteiger partial charge on any atom is -0.356 e. The van der Waals surface area contributed by atoms with Gasteiger partial charge in [0.25, 0.3) is 5.91 Å². The third-order valence-electron chi connectivity index (χ3n) is 6.43.